The SMILES string of the molecule is Clc1ccc(Cl)c2c1sc1nncn12. The van der Waals surface area contributed by atoms with Crippen molar-refractivity contribution in [1.82, 2.24) is 14.6 Å². The van der Waals surface area contributed by atoms with Crippen LogP contribution < -0.4 is 0 Å². The van der Waals surface area contributed by atoms with Crippen LogP contribution in [-0.4, -0.2) is 14.6 Å². The average molecular weight is 244 g/mol. The molecule has 2 aromatic heterocycles. The lowest BCUT2D eigenvalue weighted by molar-refractivity contribution is 1.11. The number of thiazole rings is 1. The predicted molar refractivity (Wildman–Crippen MR) is 58.4 cm³/mol. The van der Waals surface area contributed by atoms with Gasteiger partial charge in [-0.1, -0.05) is 34.5 Å². The number of rotatable bonds is 0. The molecule has 0 aliphatic rings. The highest BCUT2D eigenvalue weighted by Gasteiger charge is 2.11. The molecule has 0 amide bonds. The maximum Gasteiger partial charge on any atom is 0.217 e. The number of hydrogen-bond donors (Lipinski definition) is 0. The van der Waals surface area contributed by atoms with Crippen LogP contribution in [-0.2, 0) is 0 Å². The van der Waals surface area contributed by atoms with Crippen molar-refractivity contribution in [2.45, 2.75) is 0 Å². The molecule has 0 atom stereocenters. The minimum absolute atomic E-state index is 0.662. The van der Waals surface area contributed by atoms with E-state index in [4.69, 9.17) is 23.2 Å². The Labute approximate surface area is 92.9 Å². The number of hydrogen-bond acceptors (Lipinski definition) is 3. The van der Waals surface area contributed by atoms with E-state index in [2.05, 4.69) is 10.2 Å². The van der Waals surface area contributed by atoms with Gasteiger partial charge in [-0.3, -0.25) is 4.40 Å². The molecule has 2 heterocycles. The Balaban J connectivity index is 2.68. The van der Waals surface area contributed by atoms with Gasteiger partial charge < -0.3 is 0 Å². The van der Waals surface area contributed by atoms with Crippen LogP contribution in [0.2, 0.25) is 10.0 Å². The molecule has 0 N–H and O–H groups in total. The van der Waals surface area contributed by atoms with Gasteiger partial charge in [-0.05, 0) is 12.1 Å². The maximum atomic E-state index is 6.08. The third-order valence-electron chi connectivity index (χ3n) is 1.98. The number of benzene rings is 1. The van der Waals surface area contributed by atoms with Crippen LogP contribution in [0.1, 0.15) is 0 Å². The molecule has 0 radical (unpaired) electrons. The molecule has 14 heavy (non-hydrogen) atoms. The molecule has 6 heteroatoms. The molecule has 0 aliphatic carbocycles. The molecule has 3 rings (SSSR count). The van der Waals surface area contributed by atoms with E-state index in [0.717, 1.165) is 15.2 Å². The van der Waals surface area contributed by atoms with E-state index in [-0.39, 0.29) is 0 Å². The minimum atomic E-state index is 0.662. The molecule has 3 nitrogen and oxygen atoms in total. The van der Waals surface area contributed by atoms with Crippen LogP contribution >= 0.6 is 34.5 Å². The van der Waals surface area contributed by atoms with Gasteiger partial charge in [0.05, 0.1) is 20.3 Å². The highest BCUT2D eigenvalue weighted by molar-refractivity contribution is 7.24. The topological polar surface area (TPSA) is 30.2 Å². The second kappa shape index (κ2) is 2.82. The zero-order chi connectivity index (χ0) is 9.71. The summed E-state index contributed by atoms with van der Waals surface area (Å²) >= 11 is 13.6. The Kier molecular flexibility index (Phi) is 1.71. The Morgan fingerprint density at radius 3 is 2.86 bits per heavy atom. The van der Waals surface area contributed by atoms with E-state index in [1.54, 1.807) is 18.5 Å². The summed E-state index contributed by atoms with van der Waals surface area (Å²) in [5.74, 6) is 0. The van der Waals surface area contributed by atoms with Crippen molar-refractivity contribution in [3.63, 3.8) is 0 Å². The zero-order valence-electron chi connectivity index (χ0n) is 6.74. The number of nitrogens with zero attached hydrogens (tertiary/aromatic N) is 3. The van der Waals surface area contributed by atoms with Crippen molar-refractivity contribution in [3.8, 4) is 0 Å². The van der Waals surface area contributed by atoms with Crippen LogP contribution in [0.5, 0.6) is 0 Å². The molecule has 0 unspecified atom stereocenters. The summed E-state index contributed by atoms with van der Waals surface area (Å²) < 4.78 is 2.79. The average Bonchev–Trinajstić information content (AvgIpc) is 2.70. The third-order valence-corrected chi connectivity index (χ3v) is 3.80. The second-order valence-corrected chi connectivity index (χ2v) is 4.58. The predicted octanol–water partition coefficient (Wildman–Crippen LogP) is 3.25. The Hall–Kier alpha value is -0.840. The van der Waals surface area contributed by atoms with Gasteiger partial charge in [0.15, 0.2) is 0 Å². The summed E-state index contributed by atoms with van der Waals surface area (Å²) in [6.45, 7) is 0. The number of halogens is 2. The molecule has 3 aromatic rings. The smallest absolute Gasteiger partial charge is 0.217 e. The molecule has 0 saturated heterocycles. The molecule has 0 aliphatic heterocycles. The molecular weight excluding hydrogens is 241 g/mol. The van der Waals surface area contributed by atoms with Gasteiger partial charge in [-0.25, -0.2) is 0 Å². The van der Waals surface area contributed by atoms with Crippen molar-refractivity contribution in [3.05, 3.63) is 28.5 Å². The number of fused-ring (bicyclic) bond motifs is 3. The van der Waals surface area contributed by atoms with E-state index in [0.29, 0.717) is 10.0 Å². The molecular formula is C8H3Cl2N3S. The largest absolute Gasteiger partial charge is 0.270 e. The van der Waals surface area contributed by atoms with Crippen molar-refractivity contribution in [1.29, 1.82) is 0 Å². The number of aromatic nitrogens is 3. The van der Waals surface area contributed by atoms with E-state index < -0.39 is 0 Å². The minimum Gasteiger partial charge on any atom is -0.270 e. The van der Waals surface area contributed by atoms with Crippen molar-refractivity contribution in [2.24, 2.45) is 0 Å². The van der Waals surface area contributed by atoms with Crippen LogP contribution in [0.15, 0.2) is 18.5 Å². The second-order valence-electron chi connectivity index (χ2n) is 2.79. The fraction of sp³-hybridized carbons (Fsp3) is 0. The first-order valence-corrected chi connectivity index (χ1v) is 5.41. The lowest BCUT2D eigenvalue weighted by atomic mass is 10.3. The molecule has 0 spiro atoms. The monoisotopic (exact) mass is 243 g/mol. The highest BCUT2D eigenvalue weighted by atomic mass is 35.5. The van der Waals surface area contributed by atoms with Gasteiger partial charge in [0.25, 0.3) is 0 Å². The quantitative estimate of drug-likeness (QED) is 0.607. The Bertz CT molecular complexity index is 628. The van der Waals surface area contributed by atoms with Crippen LogP contribution in [0.3, 0.4) is 0 Å². The summed E-state index contributed by atoms with van der Waals surface area (Å²) in [5.41, 5.74) is 0.879. The molecule has 0 saturated carbocycles. The zero-order valence-corrected chi connectivity index (χ0v) is 9.07. The van der Waals surface area contributed by atoms with E-state index in [1.807, 2.05) is 4.40 Å². The van der Waals surface area contributed by atoms with E-state index in [1.165, 1.54) is 11.3 Å². The fourth-order valence-corrected chi connectivity index (χ4v) is 2.93. The first-order valence-electron chi connectivity index (χ1n) is 3.83. The summed E-state index contributed by atoms with van der Waals surface area (Å²) in [4.78, 5) is 0.801. The molecule has 1 aromatic carbocycles. The molecule has 70 valence electrons. The van der Waals surface area contributed by atoms with Gasteiger partial charge in [0, 0.05) is 0 Å². The summed E-state index contributed by atoms with van der Waals surface area (Å²) in [6.07, 6.45) is 1.64. The summed E-state index contributed by atoms with van der Waals surface area (Å²) in [5, 5.41) is 9.11. The maximum absolute atomic E-state index is 6.08. The van der Waals surface area contributed by atoms with Gasteiger partial charge >= 0.3 is 0 Å². The van der Waals surface area contributed by atoms with Crippen LogP contribution in [0.4, 0.5) is 0 Å². The van der Waals surface area contributed by atoms with Gasteiger partial charge in [0.1, 0.15) is 6.33 Å². The van der Waals surface area contributed by atoms with Crippen molar-refractivity contribution < 1.29 is 0 Å². The van der Waals surface area contributed by atoms with Crippen LogP contribution in [0.25, 0.3) is 15.2 Å². The highest BCUT2D eigenvalue weighted by Crippen LogP contribution is 2.35. The third kappa shape index (κ3) is 0.987. The summed E-state index contributed by atoms with van der Waals surface area (Å²) in [7, 11) is 0. The van der Waals surface area contributed by atoms with Gasteiger partial charge in [0.2, 0.25) is 4.96 Å². The standard InChI is InChI=1S/C8H3Cl2N3S/c9-4-1-2-5(10)7-6(4)13-3-11-12-8(13)14-7/h1-3H. The Morgan fingerprint density at radius 1 is 1.21 bits per heavy atom. The lowest BCUT2D eigenvalue weighted by Gasteiger charge is -1.95. The summed E-state index contributed by atoms with van der Waals surface area (Å²) in [6, 6.07) is 3.56. The van der Waals surface area contributed by atoms with E-state index >= 15 is 0 Å². The first kappa shape index (κ1) is 8.47. The van der Waals surface area contributed by atoms with Crippen molar-refractivity contribution >= 4 is 49.7 Å². The molecule has 0 bridgehead atoms. The van der Waals surface area contributed by atoms with Crippen molar-refractivity contribution in [2.75, 3.05) is 0 Å². The van der Waals surface area contributed by atoms with E-state index in [9.17, 15) is 0 Å². The van der Waals surface area contributed by atoms with Gasteiger partial charge in [-0.2, -0.15) is 0 Å². The fourth-order valence-electron chi connectivity index (χ4n) is 1.38. The lowest BCUT2D eigenvalue weighted by Crippen LogP contribution is -1.78. The Morgan fingerprint density at radius 2 is 2.00 bits per heavy atom. The molecule has 0 fully saturated rings. The van der Waals surface area contributed by atoms with Gasteiger partial charge in [-0.15, -0.1) is 10.2 Å². The van der Waals surface area contributed by atoms with Crippen LogP contribution in [0, 0.1) is 0 Å². The normalized spacial score (nSPS) is 11.6. The first-order chi connectivity index (χ1) is 6.77.